The van der Waals surface area contributed by atoms with Crippen molar-refractivity contribution in [2.45, 2.75) is 361 Å². The summed E-state index contributed by atoms with van der Waals surface area (Å²) < 4.78 is 17.6. The van der Waals surface area contributed by atoms with Crippen molar-refractivity contribution in [3.05, 3.63) is 24.3 Å². The van der Waals surface area contributed by atoms with E-state index in [0.29, 0.717) is 26.1 Å². The Kier molecular flexibility index (Phi) is 60.3. The van der Waals surface area contributed by atoms with E-state index in [9.17, 15) is 9.59 Å². The summed E-state index contributed by atoms with van der Waals surface area (Å²) in [6.07, 6.45) is 75.0. The normalized spacial score (nSPS) is 12.2. The van der Waals surface area contributed by atoms with Gasteiger partial charge in [-0.1, -0.05) is 315 Å². The molecular weight excluding hydrogens is 861 g/mol. The van der Waals surface area contributed by atoms with Crippen molar-refractivity contribution in [2.75, 3.05) is 19.8 Å². The molecule has 0 aliphatic rings. The molecule has 0 aliphatic heterocycles. The van der Waals surface area contributed by atoms with Gasteiger partial charge in [-0.05, 0) is 51.4 Å². The van der Waals surface area contributed by atoms with Gasteiger partial charge in [-0.25, -0.2) is 0 Å². The molecule has 5 nitrogen and oxygen atoms in total. The predicted molar refractivity (Wildman–Crippen MR) is 307 cm³/mol. The lowest BCUT2D eigenvalue weighted by molar-refractivity contribution is -0.163. The molecule has 0 aromatic carbocycles. The van der Waals surface area contributed by atoms with Gasteiger partial charge in [0.05, 0.1) is 6.61 Å². The number of carbonyl (C=O) groups is 2. The Morgan fingerprint density at radius 1 is 0.314 bits per heavy atom. The maximum atomic E-state index is 12.9. The first-order chi connectivity index (χ1) is 34.6. The number of ether oxygens (including phenoxy) is 3. The maximum absolute atomic E-state index is 12.9. The van der Waals surface area contributed by atoms with Gasteiger partial charge in [-0.15, -0.1) is 0 Å². The van der Waals surface area contributed by atoms with Crippen molar-refractivity contribution in [1.29, 1.82) is 0 Å². The molecule has 0 N–H and O–H groups in total. The lowest BCUT2D eigenvalue weighted by Gasteiger charge is -2.18. The van der Waals surface area contributed by atoms with Crippen molar-refractivity contribution in [3.63, 3.8) is 0 Å². The van der Waals surface area contributed by atoms with Crippen LogP contribution in [-0.4, -0.2) is 37.9 Å². The van der Waals surface area contributed by atoms with Crippen LogP contribution in [0.1, 0.15) is 355 Å². The minimum Gasteiger partial charge on any atom is -0.462 e. The maximum Gasteiger partial charge on any atom is 0.306 e. The smallest absolute Gasteiger partial charge is 0.306 e. The van der Waals surface area contributed by atoms with Crippen molar-refractivity contribution >= 4 is 11.9 Å². The molecule has 0 unspecified atom stereocenters. The van der Waals surface area contributed by atoms with Crippen LogP contribution in [0.4, 0.5) is 0 Å². The monoisotopic (exact) mass is 985 g/mol. The fraction of sp³-hybridized carbons (Fsp3) is 0.908. The molecule has 0 fully saturated rings. The van der Waals surface area contributed by atoms with Gasteiger partial charge in [-0.2, -0.15) is 0 Å². The molecular formula is C65H124O5. The van der Waals surface area contributed by atoms with E-state index in [0.717, 1.165) is 38.5 Å². The number of rotatable bonds is 60. The minimum absolute atomic E-state index is 0.0920. The van der Waals surface area contributed by atoms with Crippen molar-refractivity contribution in [3.8, 4) is 0 Å². The lowest BCUT2D eigenvalue weighted by Crippen LogP contribution is -2.30. The van der Waals surface area contributed by atoms with Crippen LogP contribution in [0, 0.1) is 0 Å². The Labute approximate surface area is 438 Å². The molecule has 5 heteroatoms. The quantitative estimate of drug-likeness (QED) is 0.0345. The second-order valence-corrected chi connectivity index (χ2v) is 21.7. The molecule has 0 saturated heterocycles. The highest BCUT2D eigenvalue weighted by molar-refractivity contribution is 5.70. The molecule has 414 valence electrons. The van der Waals surface area contributed by atoms with E-state index in [1.807, 2.05) is 0 Å². The van der Waals surface area contributed by atoms with Crippen LogP contribution in [0.15, 0.2) is 24.3 Å². The Morgan fingerprint density at radius 3 is 0.971 bits per heavy atom. The zero-order valence-electron chi connectivity index (χ0n) is 47.8. The average Bonchev–Trinajstić information content (AvgIpc) is 3.36. The molecule has 0 aromatic rings. The highest BCUT2D eigenvalue weighted by Gasteiger charge is 2.18. The van der Waals surface area contributed by atoms with Crippen LogP contribution in [0.5, 0.6) is 0 Å². The van der Waals surface area contributed by atoms with Gasteiger partial charge >= 0.3 is 11.9 Å². The second kappa shape index (κ2) is 61.7. The number of esters is 2. The molecule has 0 saturated carbocycles. The summed E-state index contributed by atoms with van der Waals surface area (Å²) in [6, 6.07) is 0. The molecule has 0 aliphatic carbocycles. The van der Waals surface area contributed by atoms with Crippen LogP contribution < -0.4 is 0 Å². The number of hydrogen-bond acceptors (Lipinski definition) is 5. The largest absolute Gasteiger partial charge is 0.462 e. The van der Waals surface area contributed by atoms with Crippen LogP contribution in [0.3, 0.4) is 0 Å². The third-order valence-corrected chi connectivity index (χ3v) is 14.5. The van der Waals surface area contributed by atoms with Gasteiger partial charge in [0.1, 0.15) is 6.61 Å². The summed E-state index contributed by atoms with van der Waals surface area (Å²) >= 11 is 0. The first-order valence-corrected chi connectivity index (χ1v) is 31.9. The number of carbonyl (C=O) groups excluding carboxylic acids is 2. The van der Waals surface area contributed by atoms with Crippen LogP contribution in [-0.2, 0) is 23.8 Å². The van der Waals surface area contributed by atoms with Gasteiger partial charge in [0.25, 0.3) is 0 Å². The zero-order valence-corrected chi connectivity index (χ0v) is 47.8. The van der Waals surface area contributed by atoms with Crippen molar-refractivity contribution in [2.24, 2.45) is 0 Å². The van der Waals surface area contributed by atoms with E-state index in [1.54, 1.807) is 0 Å². The number of allylic oxidation sites excluding steroid dienone is 4. The molecule has 0 spiro atoms. The topological polar surface area (TPSA) is 61.8 Å². The van der Waals surface area contributed by atoms with Gasteiger partial charge in [0, 0.05) is 19.4 Å². The van der Waals surface area contributed by atoms with Crippen LogP contribution >= 0.6 is 0 Å². The predicted octanol–water partition coefficient (Wildman–Crippen LogP) is 21.9. The summed E-state index contributed by atoms with van der Waals surface area (Å²) in [5, 5.41) is 0. The fourth-order valence-corrected chi connectivity index (χ4v) is 9.72. The van der Waals surface area contributed by atoms with Gasteiger partial charge in [0.15, 0.2) is 6.10 Å². The molecule has 0 bridgehead atoms. The van der Waals surface area contributed by atoms with E-state index in [-0.39, 0.29) is 18.5 Å². The molecule has 1 atom stereocenters. The summed E-state index contributed by atoms with van der Waals surface area (Å²) in [5.74, 6) is -0.373. The fourth-order valence-electron chi connectivity index (χ4n) is 9.72. The van der Waals surface area contributed by atoms with Crippen LogP contribution in [0.2, 0.25) is 0 Å². The van der Waals surface area contributed by atoms with Crippen LogP contribution in [0.25, 0.3) is 0 Å². The lowest BCUT2D eigenvalue weighted by atomic mass is 10.0. The van der Waals surface area contributed by atoms with E-state index < -0.39 is 6.10 Å². The van der Waals surface area contributed by atoms with Gasteiger partial charge in [0.2, 0.25) is 0 Å². The standard InChI is InChI=1S/C65H124O5/c1-4-7-10-13-16-19-22-25-28-31-33-35-37-40-43-46-49-52-55-58-64(66)69-62-63(61-68-60-57-54-51-48-45-42-39-30-27-24-21-18-15-12-9-6-3)70-65(67)59-56-53-50-47-44-41-38-36-34-32-29-26-23-20-17-14-11-8-5-2/h16,19,25,28,63H,4-15,17-18,20-24,26-27,29-62H2,1-3H3/b19-16-,28-25-/t63-/m1/s1. The van der Waals surface area contributed by atoms with Crippen molar-refractivity contribution in [1.82, 2.24) is 0 Å². The number of unbranched alkanes of at least 4 members (excludes halogenated alkanes) is 45. The summed E-state index contributed by atoms with van der Waals surface area (Å²) in [6.45, 7) is 7.89. The third-order valence-electron chi connectivity index (χ3n) is 14.5. The highest BCUT2D eigenvalue weighted by atomic mass is 16.6. The number of hydrogen-bond donors (Lipinski definition) is 0. The molecule has 70 heavy (non-hydrogen) atoms. The first kappa shape index (κ1) is 68.4. The molecule has 0 heterocycles. The molecule has 0 aromatic heterocycles. The first-order valence-electron chi connectivity index (χ1n) is 31.9. The summed E-state index contributed by atoms with van der Waals surface area (Å²) in [5.41, 5.74) is 0. The molecule has 0 rings (SSSR count). The third kappa shape index (κ3) is 58.9. The zero-order chi connectivity index (χ0) is 50.6. The Balaban J connectivity index is 4.21. The van der Waals surface area contributed by atoms with E-state index in [1.165, 1.54) is 283 Å². The second-order valence-electron chi connectivity index (χ2n) is 21.7. The van der Waals surface area contributed by atoms with Gasteiger partial charge < -0.3 is 14.2 Å². The Morgan fingerprint density at radius 2 is 0.600 bits per heavy atom. The summed E-state index contributed by atoms with van der Waals surface area (Å²) in [4.78, 5) is 25.6. The molecule has 0 radical (unpaired) electrons. The van der Waals surface area contributed by atoms with Gasteiger partial charge in [-0.3, -0.25) is 9.59 Å². The average molecular weight is 986 g/mol. The van der Waals surface area contributed by atoms with Crippen molar-refractivity contribution < 1.29 is 23.8 Å². The van der Waals surface area contributed by atoms with E-state index in [4.69, 9.17) is 14.2 Å². The SMILES string of the molecule is CCCCC/C=C\C/C=C\CCCCCCCCCCCC(=O)OC[C@@H](COCCCCCCCCCCCCCCCCCC)OC(=O)CCCCCCCCCCCCCCCCCCCCC. The Bertz CT molecular complexity index is 1070. The van der Waals surface area contributed by atoms with E-state index >= 15 is 0 Å². The van der Waals surface area contributed by atoms with E-state index in [2.05, 4.69) is 45.1 Å². The molecule has 0 amide bonds. The summed E-state index contributed by atoms with van der Waals surface area (Å²) in [7, 11) is 0. The minimum atomic E-state index is -0.531. The highest BCUT2D eigenvalue weighted by Crippen LogP contribution is 2.18. The Hall–Kier alpha value is -1.62.